The molecule has 0 amide bonds. The second kappa shape index (κ2) is 4.75. The van der Waals surface area contributed by atoms with Gasteiger partial charge in [-0.1, -0.05) is 19.9 Å². The lowest BCUT2D eigenvalue weighted by Gasteiger charge is -2.11. The van der Waals surface area contributed by atoms with Crippen LogP contribution in [-0.4, -0.2) is 16.7 Å². The van der Waals surface area contributed by atoms with E-state index in [1.807, 2.05) is 35.0 Å². The lowest BCUT2D eigenvalue weighted by atomic mass is 10.1. The molecule has 1 aromatic carbocycles. The zero-order valence-corrected chi connectivity index (χ0v) is 11.0. The standard InChI is InChI=1S/C13H16N2OS/c1-9(2)12-8-14-13(17)15(12)10-5-4-6-11(7-10)16-3/h4-9H,1-3H3,(H,14,17). The number of aromatic nitrogens is 2. The highest BCUT2D eigenvalue weighted by Crippen LogP contribution is 2.22. The van der Waals surface area contributed by atoms with Crippen molar-refractivity contribution in [1.29, 1.82) is 0 Å². The topological polar surface area (TPSA) is 29.9 Å². The highest BCUT2D eigenvalue weighted by molar-refractivity contribution is 7.71. The van der Waals surface area contributed by atoms with Crippen LogP contribution in [-0.2, 0) is 0 Å². The van der Waals surface area contributed by atoms with Crippen molar-refractivity contribution in [2.24, 2.45) is 0 Å². The minimum absolute atomic E-state index is 0.411. The van der Waals surface area contributed by atoms with Gasteiger partial charge in [0, 0.05) is 18.0 Å². The SMILES string of the molecule is COc1cccc(-n2c(C(C)C)c[nH]c2=S)c1. The van der Waals surface area contributed by atoms with E-state index < -0.39 is 0 Å². The molecule has 0 aliphatic rings. The van der Waals surface area contributed by atoms with E-state index in [0.29, 0.717) is 10.7 Å². The summed E-state index contributed by atoms with van der Waals surface area (Å²) in [5, 5.41) is 0. The monoisotopic (exact) mass is 248 g/mol. The summed E-state index contributed by atoms with van der Waals surface area (Å²) < 4.78 is 7.99. The lowest BCUT2D eigenvalue weighted by Crippen LogP contribution is -2.02. The summed E-state index contributed by atoms with van der Waals surface area (Å²) in [5.41, 5.74) is 2.20. The molecule has 0 spiro atoms. The van der Waals surface area contributed by atoms with E-state index in [1.54, 1.807) is 7.11 Å². The Morgan fingerprint density at radius 2 is 2.12 bits per heavy atom. The van der Waals surface area contributed by atoms with Gasteiger partial charge in [0.15, 0.2) is 4.77 Å². The van der Waals surface area contributed by atoms with E-state index in [4.69, 9.17) is 17.0 Å². The first-order chi connectivity index (χ1) is 8.13. The van der Waals surface area contributed by atoms with Crippen molar-refractivity contribution < 1.29 is 4.74 Å². The molecule has 0 bridgehead atoms. The number of imidazole rings is 1. The van der Waals surface area contributed by atoms with Gasteiger partial charge in [0.25, 0.3) is 0 Å². The average molecular weight is 248 g/mol. The molecule has 0 fully saturated rings. The number of hydrogen-bond acceptors (Lipinski definition) is 2. The van der Waals surface area contributed by atoms with Gasteiger partial charge >= 0.3 is 0 Å². The van der Waals surface area contributed by atoms with E-state index in [-0.39, 0.29) is 0 Å². The molecule has 90 valence electrons. The van der Waals surface area contributed by atoms with Gasteiger partial charge in [0.2, 0.25) is 0 Å². The molecular weight excluding hydrogens is 232 g/mol. The van der Waals surface area contributed by atoms with Crippen molar-refractivity contribution in [3.8, 4) is 11.4 Å². The Morgan fingerprint density at radius 3 is 2.76 bits per heavy atom. The summed E-state index contributed by atoms with van der Waals surface area (Å²) in [5.74, 6) is 1.24. The van der Waals surface area contributed by atoms with Gasteiger partial charge in [-0.05, 0) is 30.3 Å². The van der Waals surface area contributed by atoms with Crippen LogP contribution in [0.4, 0.5) is 0 Å². The quantitative estimate of drug-likeness (QED) is 0.840. The Bertz CT molecular complexity index is 569. The third-order valence-electron chi connectivity index (χ3n) is 2.71. The number of benzene rings is 1. The van der Waals surface area contributed by atoms with Crippen LogP contribution < -0.4 is 4.74 Å². The van der Waals surface area contributed by atoms with Crippen LogP contribution in [0.1, 0.15) is 25.5 Å². The Balaban J connectivity index is 2.59. The highest BCUT2D eigenvalue weighted by atomic mass is 32.1. The number of methoxy groups -OCH3 is 1. The van der Waals surface area contributed by atoms with Gasteiger partial charge in [-0.15, -0.1) is 0 Å². The van der Waals surface area contributed by atoms with Crippen LogP contribution in [0.2, 0.25) is 0 Å². The molecule has 2 rings (SSSR count). The summed E-state index contributed by atoms with van der Waals surface area (Å²) in [6, 6.07) is 7.90. The Hall–Kier alpha value is -1.55. The molecule has 17 heavy (non-hydrogen) atoms. The average Bonchev–Trinajstić information content (AvgIpc) is 2.71. The first kappa shape index (κ1) is 11.9. The molecule has 0 unspecified atom stereocenters. The summed E-state index contributed by atoms with van der Waals surface area (Å²) in [6.07, 6.45) is 1.96. The summed E-state index contributed by atoms with van der Waals surface area (Å²) in [7, 11) is 1.67. The minimum atomic E-state index is 0.411. The lowest BCUT2D eigenvalue weighted by molar-refractivity contribution is 0.414. The van der Waals surface area contributed by atoms with Crippen molar-refractivity contribution in [3.63, 3.8) is 0 Å². The van der Waals surface area contributed by atoms with Gasteiger partial charge in [-0.2, -0.15) is 0 Å². The number of ether oxygens (including phenoxy) is 1. The van der Waals surface area contributed by atoms with Gasteiger partial charge < -0.3 is 9.72 Å². The van der Waals surface area contributed by atoms with Crippen LogP contribution in [0, 0.1) is 4.77 Å². The van der Waals surface area contributed by atoms with E-state index >= 15 is 0 Å². The number of H-pyrrole nitrogens is 1. The van der Waals surface area contributed by atoms with Crippen molar-refractivity contribution in [3.05, 3.63) is 40.9 Å². The minimum Gasteiger partial charge on any atom is -0.497 e. The fraction of sp³-hybridized carbons (Fsp3) is 0.308. The number of nitrogens with zero attached hydrogens (tertiary/aromatic N) is 1. The second-order valence-corrected chi connectivity index (χ2v) is 4.60. The molecule has 0 atom stereocenters. The molecule has 0 aliphatic heterocycles. The largest absolute Gasteiger partial charge is 0.497 e. The van der Waals surface area contributed by atoms with Crippen molar-refractivity contribution in [2.45, 2.75) is 19.8 Å². The zero-order valence-electron chi connectivity index (χ0n) is 10.2. The first-order valence-electron chi connectivity index (χ1n) is 5.58. The van der Waals surface area contributed by atoms with Gasteiger partial charge in [0.1, 0.15) is 5.75 Å². The number of nitrogens with one attached hydrogen (secondary N) is 1. The first-order valence-corrected chi connectivity index (χ1v) is 5.99. The van der Waals surface area contributed by atoms with Crippen LogP contribution in [0.25, 0.3) is 5.69 Å². The highest BCUT2D eigenvalue weighted by Gasteiger charge is 2.10. The molecule has 0 radical (unpaired) electrons. The van der Waals surface area contributed by atoms with E-state index in [0.717, 1.165) is 11.4 Å². The zero-order chi connectivity index (χ0) is 12.4. The smallest absolute Gasteiger partial charge is 0.182 e. The number of rotatable bonds is 3. The summed E-state index contributed by atoms with van der Waals surface area (Å²) >= 11 is 5.32. The maximum absolute atomic E-state index is 5.32. The molecule has 2 aromatic rings. The van der Waals surface area contributed by atoms with Crippen LogP contribution in [0.5, 0.6) is 5.75 Å². The van der Waals surface area contributed by atoms with Gasteiger partial charge in [0.05, 0.1) is 12.8 Å². The number of hydrogen-bond donors (Lipinski definition) is 1. The number of aromatic amines is 1. The van der Waals surface area contributed by atoms with E-state index in [2.05, 4.69) is 18.8 Å². The normalized spacial score (nSPS) is 10.8. The molecule has 1 aromatic heterocycles. The molecule has 3 nitrogen and oxygen atoms in total. The van der Waals surface area contributed by atoms with Gasteiger partial charge in [-0.3, -0.25) is 4.57 Å². The Kier molecular flexibility index (Phi) is 3.33. The van der Waals surface area contributed by atoms with Gasteiger partial charge in [-0.25, -0.2) is 0 Å². The predicted octanol–water partition coefficient (Wildman–Crippen LogP) is 3.67. The molecule has 0 saturated carbocycles. The third-order valence-corrected chi connectivity index (χ3v) is 3.01. The Morgan fingerprint density at radius 1 is 1.35 bits per heavy atom. The van der Waals surface area contributed by atoms with Crippen LogP contribution in [0.3, 0.4) is 0 Å². The van der Waals surface area contributed by atoms with E-state index in [9.17, 15) is 0 Å². The third kappa shape index (κ3) is 2.26. The maximum atomic E-state index is 5.32. The predicted molar refractivity (Wildman–Crippen MR) is 71.6 cm³/mol. The Labute approximate surface area is 106 Å². The molecule has 1 heterocycles. The fourth-order valence-corrected chi connectivity index (χ4v) is 2.09. The molecule has 4 heteroatoms. The van der Waals surface area contributed by atoms with E-state index in [1.165, 1.54) is 5.69 Å². The molecular formula is C13H16N2OS. The summed E-state index contributed by atoms with van der Waals surface area (Å²) in [4.78, 5) is 3.09. The van der Waals surface area contributed by atoms with Crippen molar-refractivity contribution >= 4 is 12.2 Å². The summed E-state index contributed by atoms with van der Waals surface area (Å²) in [6.45, 7) is 4.29. The molecule has 1 N–H and O–H groups in total. The van der Waals surface area contributed by atoms with Crippen molar-refractivity contribution in [1.82, 2.24) is 9.55 Å². The maximum Gasteiger partial charge on any atom is 0.182 e. The second-order valence-electron chi connectivity index (χ2n) is 4.21. The van der Waals surface area contributed by atoms with Crippen LogP contribution >= 0.6 is 12.2 Å². The van der Waals surface area contributed by atoms with Crippen molar-refractivity contribution in [2.75, 3.05) is 7.11 Å². The molecule has 0 aliphatic carbocycles. The molecule has 0 saturated heterocycles. The fourth-order valence-electron chi connectivity index (χ4n) is 1.82. The van der Waals surface area contributed by atoms with Crippen LogP contribution in [0.15, 0.2) is 30.5 Å².